The third-order valence-electron chi connectivity index (χ3n) is 5.62. The van der Waals surface area contributed by atoms with Gasteiger partial charge in [-0.1, -0.05) is 0 Å². The number of nitriles is 1. The fourth-order valence-corrected chi connectivity index (χ4v) is 4.82. The number of hydrogen-bond donors (Lipinski definition) is 1. The van der Waals surface area contributed by atoms with Crippen LogP contribution in [0.3, 0.4) is 0 Å². The number of nitrogens with zero attached hydrogens (tertiary/aromatic N) is 5. The zero-order valence-electron chi connectivity index (χ0n) is 23.1. The van der Waals surface area contributed by atoms with Gasteiger partial charge in [0.15, 0.2) is 11.6 Å². The molecule has 3 aromatic heterocycles. The van der Waals surface area contributed by atoms with Crippen LogP contribution in [0.5, 0.6) is 5.75 Å². The molecule has 0 spiro atoms. The van der Waals surface area contributed by atoms with Crippen molar-refractivity contribution in [2.45, 2.75) is 46.3 Å². The Hall–Kier alpha value is -4.70. The number of aromatic nitrogens is 4. The molecule has 3 heterocycles. The maximum absolute atomic E-state index is 15.5. The minimum atomic E-state index is -0.997. The number of ether oxygens (including phenoxy) is 2. The second-order valence-corrected chi connectivity index (χ2v) is 11.2. The van der Waals surface area contributed by atoms with E-state index in [0.717, 1.165) is 17.4 Å². The highest BCUT2D eigenvalue weighted by molar-refractivity contribution is 7.14. The minimum Gasteiger partial charge on any atom is -0.482 e. The molecule has 0 aliphatic heterocycles. The molecule has 4 rings (SSSR count). The van der Waals surface area contributed by atoms with E-state index in [9.17, 15) is 19.2 Å². The van der Waals surface area contributed by atoms with Crippen molar-refractivity contribution in [1.29, 1.82) is 5.26 Å². The molecule has 1 atom stereocenters. The number of pyridine rings is 1. The Morgan fingerprint density at radius 1 is 1.22 bits per heavy atom. The predicted octanol–water partition coefficient (Wildman–Crippen LogP) is 6.11. The van der Waals surface area contributed by atoms with Crippen LogP contribution >= 0.6 is 11.3 Å². The molecular weight excluding hydrogens is 554 g/mol. The lowest BCUT2D eigenvalue weighted by atomic mass is 9.97. The monoisotopic (exact) mass is 580 g/mol. The number of hydrogen-bond acceptors (Lipinski definition) is 9. The van der Waals surface area contributed by atoms with Gasteiger partial charge in [0.05, 0.1) is 10.7 Å². The number of benzene rings is 1. The van der Waals surface area contributed by atoms with Crippen LogP contribution < -0.4 is 10.1 Å². The van der Waals surface area contributed by atoms with Gasteiger partial charge in [0.25, 0.3) is 0 Å². The topological polar surface area (TPSA) is 132 Å². The van der Waals surface area contributed by atoms with Crippen LogP contribution in [-0.2, 0) is 11.8 Å². The number of aryl methyl sites for hydroxylation is 2. The zero-order valence-corrected chi connectivity index (χ0v) is 23.9. The number of thiazole rings is 1. The summed E-state index contributed by atoms with van der Waals surface area (Å²) < 4.78 is 42.6. The number of nitrogens with one attached hydrogen (secondary N) is 1. The zero-order chi connectivity index (χ0) is 30.1. The van der Waals surface area contributed by atoms with Gasteiger partial charge < -0.3 is 9.47 Å². The second-order valence-electron chi connectivity index (χ2n) is 9.98. The van der Waals surface area contributed by atoms with Gasteiger partial charge in [0.2, 0.25) is 5.78 Å². The molecular formula is C28H26F2N6O4S. The van der Waals surface area contributed by atoms with Crippen molar-refractivity contribution in [3.63, 3.8) is 0 Å². The molecule has 0 radical (unpaired) electrons. The minimum absolute atomic E-state index is 0.0112. The largest absolute Gasteiger partial charge is 0.482 e. The summed E-state index contributed by atoms with van der Waals surface area (Å²) in [4.78, 5) is 34.4. The number of ketones is 1. The van der Waals surface area contributed by atoms with Crippen molar-refractivity contribution in [2.75, 3.05) is 5.32 Å². The van der Waals surface area contributed by atoms with Crippen LogP contribution in [-0.4, -0.2) is 37.2 Å². The lowest BCUT2D eigenvalue weighted by molar-refractivity contribution is 0.0634. The van der Waals surface area contributed by atoms with Crippen LogP contribution in [0.1, 0.15) is 65.4 Å². The third-order valence-corrected chi connectivity index (χ3v) is 6.59. The molecule has 1 amide bonds. The normalized spacial score (nSPS) is 12.0. The fourth-order valence-electron chi connectivity index (χ4n) is 3.95. The molecule has 13 heteroatoms. The molecule has 0 aliphatic carbocycles. The number of anilines is 1. The number of carbonyl (C=O) groups excluding carboxylic acids is 2. The molecule has 0 aliphatic rings. The Labute approximate surface area is 238 Å². The Morgan fingerprint density at radius 3 is 2.61 bits per heavy atom. The van der Waals surface area contributed by atoms with Crippen LogP contribution in [0.15, 0.2) is 36.5 Å². The highest BCUT2D eigenvalue weighted by atomic mass is 32.1. The predicted molar refractivity (Wildman–Crippen MR) is 147 cm³/mol. The van der Waals surface area contributed by atoms with Crippen molar-refractivity contribution in [3.05, 3.63) is 75.0 Å². The Balaban J connectivity index is 1.74. The van der Waals surface area contributed by atoms with E-state index in [2.05, 4.69) is 20.4 Å². The molecule has 212 valence electrons. The first kappa shape index (κ1) is 29.3. The van der Waals surface area contributed by atoms with E-state index in [1.54, 1.807) is 40.7 Å². The van der Waals surface area contributed by atoms with Crippen LogP contribution in [0, 0.1) is 29.9 Å². The summed E-state index contributed by atoms with van der Waals surface area (Å²) in [6.07, 6.45) is -0.326. The molecule has 0 saturated carbocycles. The van der Waals surface area contributed by atoms with Gasteiger partial charge in [-0.3, -0.25) is 14.8 Å². The summed E-state index contributed by atoms with van der Waals surface area (Å²) in [6, 6.07) is 8.16. The van der Waals surface area contributed by atoms with Gasteiger partial charge in [-0.25, -0.2) is 23.5 Å². The summed E-state index contributed by atoms with van der Waals surface area (Å²) in [6.45, 7) is 8.33. The second kappa shape index (κ2) is 11.4. The van der Waals surface area contributed by atoms with Crippen molar-refractivity contribution >= 4 is 29.0 Å². The van der Waals surface area contributed by atoms with E-state index in [1.807, 2.05) is 6.07 Å². The van der Waals surface area contributed by atoms with Crippen molar-refractivity contribution in [2.24, 2.45) is 7.05 Å². The third kappa shape index (κ3) is 6.55. The quantitative estimate of drug-likeness (QED) is 0.259. The van der Waals surface area contributed by atoms with Gasteiger partial charge in [-0.15, -0.1) is 11.3 Å². The SMILES string of the molecule is Cc1nc(-c2c(F)cc(F)cc2[C@@H](C)Oc2cccnc2NC(=O)OC(C)(C)C)c(C(=O)c2cc(C#N)n(C)n2)s1. The first-order valence-corrected chi connectivity index (χ1v) is 13.2. The van der Waals surface area contributed by atoms with Crippen molar-refractivity contribution < 1.29 is 27.8 Å². The van der Waals surface area contributed by atoms with Crippen molar-refractivity contribution in [1.82, 2.24) is 19.7 Å². The number of rotatable bonds is 7. The number of halogens is 2. The molecule has 10 nitrogen and oxygen atoms in total. The lowest BCUT2D eigenvalue weighted by Crippen LogP contribution is -2.27. The highest BCUT2D eigenvalue weighted by Gasteiger charge is 2.29. The Bertz CT molecular complexity index is 1690. The maximum atomic E-state index is 15.5. The van der Waals surface area contributed by atoms with Gasteiger partial charge in [-0.05, 0) is 52.8 Å². The fraction of sp³-hybridized carbons (Fsp3) is 0.286. The summed E-state index contributed by atoms with van der Waals surface area (Å²) in [7, 11) is 1.52. The van der Waals surface area contributed by atoms with E-state index < -0.39 is 35.2 Å². The lowest BCUT2D eigenvalue weighted by Gasteiger charge is -2.22. The Kier molecular flexibility index (Phi) is 8.16. The van der Waals surface area contributed by atoms with Gasteiger partial charge in [-0.2, -0.15) is 10.4 Å². The first-order valence-electron chi connectivity index (χ1n) is 12.3. The highest BCUT2D eigenvalue weighted by Crippen LogP contribution is 2.39. The van der Waals surface area contributed by atoms with Crippen LogP contribution in [0.4, 0.5) is 19.4 Å². The summed E-state index contributed by atoms with van der Waals surface area (Å²) >= 11 is 1.02. The molecule has 0 bridgehead atoms. The van der Waals surface area contributed by atoms with E-state index in [0.29, 0.717) is 11.1 Å². The Morgan fingerprint density at radius 2 is 1.95 bits per heavy atom. The molecule has 0 unspecified atom stereocenters. The molecule has 4 aromatic rings. The molecule has 0 fully saturated rings. The molecule has 1 N–H and O–H groups in total. The molecule has 1 aromatic carbocycles. The van der Waals surface area contributed by atoms with Gasteiger partial charge >= 0.3 is 6.09 Å². The number of amides is 1. The maximum Gasteiger partial charge on any atom is 0.413 e. The van der Waals surface area contributed by atoms with Crippen molar-refractivity contribution in [3.8, 4) is 23.1 Å². The first-order chi connectivity index (χ1) is 19.3. The average Bonchev–Trinajstić information content (AvgIpc) is 3.45. The standard InChI is InChI=1S/C28H26F2N6O4S/c1-14(39-21-8-7-9-32-26(21)34-27(38)40-28(3,4)5)18-10-16(29)11-19(30)22(18)23-25(41-15(2)33-23)24(37)20-12-17(13-31)36(6)35-20/h7-12,14H,1-6H3,(H,32,34,38)/t14-/m1/s1. The van der Waals surface area contributed by atoms with E-state index in [-0.39, 0.29) is 44.7 Å². The average molecular weight is 581 g/mol. The summed E-state index contributed by atoms with van der Waals surface area (Å²) in [5, 5.41) is 16.3. The summed E-state index contributed by atoms with van der Waals surface area (Å²) in [5.74, 6) is -2.23. The number of carbonyl (C=O) groups is 2. The van der Waals surface area contributed by atoms with E-state index >= 15 is 4.39 Å². The molecule has 41 heavy (non-hydrogen) atoms. The van der Waals surface area contributed by atoms with E-state index in [1.165, 1.54) is 30.1 Å². The summed E-state index contributed by atoms with van der Waals surface area (Å²) in [5.41, 5.74) is -0.688. The van der Waals surface area contributed by atoms with Crippen LogP contribution in [0.2, 0.25) is 0 Å². The smallest absolute Gasteiger partial charge is 0.413 e. The van der Waals surface area contributed by atoms with E-state index in [4.69, 9.17) is 9.47 Å². The van der Waals surface area contributed by atoms with Gasteiger partial charge in [0.1, 0.15) is 45.7 Å². The van der Waals surface area contributed by atoms with Gasteiger partial charge in [0, 0.05) is 36.5 Å². The van der Waals surface area contributed by atoms with Crippen LogP contribution in [0.25, 0.3) is 11.3 Å². The molecule has 0 saturated heterocycles.